The smallest absolute Gasteiger partial charge is 0.280 e. The molecule has 1 amide bonds. The predicted octanol–water partition coefficient (Wildman–Crippen LogP) is 5.00. The van der Waals surface area contributed by atoms with Crippen LogP contribution in [0.5, 0.6) is 11.5 Å². The average molecular weight is 439 g/mol. The molecule has 1 aromatic heterocycles. The first-order valence-corrected chi connectivity index (χ1v) is 10.2. The number of nitrogens with zero attached hydrogens (tertiary/aromatic N) is 1. The molecule has 5 nitrogen and oxygen atoms in total. The lowest BCUT2D eigenvalue weighted by Gasteiger charge is -2.13. The van der Waals surface area contributed by atoms with Crippen LogP contribution < -0.4 is 14.9 Å². The molecule has 140 valence electrons. The van der Waals surface area contributed by atoms with Crippen molar-refractivity contribution in [3.63, 3.8) is 0 Å². The van der Waals surface area contributed by atoms with Gasteiger partial charge in [-0.05, 0) is 65.7 Å². The third-order valence-electron chi connectivity index (χ3n) is 3.48. The highest BCUT2D eigenvalue weighted by atomic mass is 79.9. The van der Waals surface area contributed by atoms with Crippen LogP contribution in [-0.4, -0.2) is 24.8 Å². The number of rotatable bonds is 10. The van der Waals surface area contributed by atoms with Crippen molar-refractivity contribution >= 4 is 39.4 Å². The van der Waals surface area contributed by atoms with Crippen LogP contribution in [0, 0.1) is 0 Å². The first-order chi connectivity index (χ1) is 12.6. The van der Waals surface area contributed by atoms with Crippen LogP contribution in [0.2, 0.25) is 0 Å². The van der Waals surface area contributed by atoms with E-state index in [9.17, 15) is 4.79 Å². The lowest BCUT2D eigenvalue weighted by molar-refractivity contribution is -0.127. The van der Waals surface area contributed by atoms with Crippen LogP contribution in [0.1, 0.15) is 38.0 Å². The number of unbranched alkanes of at least 4 members (excludes halogenated alkanes) is 2. The lowest BCUT2D eigenvalue weighted by Crippen LogP contribution is -2.33. The fourth-order valence-electron chi connectivity index (χ4n) is 2.06. The number of hydrogen-bond donors (Lipinski definition) is 1. The van der Waals surface area contributed by atoms with Crippen LogP contribution in [-0.2, 0) is 4.79 Å². The van der Waals surface area contributed by atoms with E-state index in [0.717, 1.165) is 20.8 Å². The zero-order valence-corrected chi connectivity index (χ0v) is 17.3. The molecule has 7 heteroatoms. The van der Waals surface area contributed by atoms with Crippen LogP contribution >= 0.6 is 27.3 Å². The zero-order valence-electron chi connectivity index (χ0n) is 14.9. The maximum atomic E-state index is 12.0. The molecule has 0 aliphatic heterocycles. The molecule has 0 bridgehead atoms. The van der Waals surface area contributed by atoms with E-state index in [1.54, 1.807) is 25.3 Å². The number of nitrogens with one attached hydrogen (secondary N) is 1. The minimum Gasteiger partial charge on any atom is -0.494 e. The fraction of sp³-hybridized carbons (Fsp3) is 0.368. The second-order valence-corrected chi connectivity index (χ2v) is 8.16. The molecule has 1 N–H and O–H groups in total. The second-order valence-electron chi connectivity index (χ2n) is 5.66. The number of thiophene rings is 1. The Balaban J connectivity index is 1.76. The predicted molar refractivity (Wildman–Crippen MR) is 109 cm³/mol. The van der Waals surface area contributed by atoms with E-state index in [0.29, 0.717) is 12.4 Å². The molecule has 0 aliphatic carbocycles. The number of halogens is 1. The third-order valence-corrected chi connectivity index (χ3v) is 5.04. The van der Waals surface area contributed by atoms with Crippen LogP contribution in [0.25, 0.3) is 0 Å². The first kappa shape index (κ1) is 20.5. The Labute approximate surface area is 166 Å². The van der Waals surface area contributed by atoms with Crippen molar-refractivity contribution < 1.29 is 14.3 Å². The van der Waals surface area contributed by atoms with Gasteiger partial charge in [0.2, 0.25) is 0 Å². The van der Waals surface area contributed by atoms with E-state index >= 15 is 0 Å². The summed E-state index contributed by atoms with van der Waals surface area (Å²) in [4.78, 5) is 13.0. The summed E-state index contributed by atoms with van der Waals surface area (Å²) in [5, 5.41) is 3.95. The van der Waals surface area contributed by atoms with E-state index in [2.05, 4.69) is 33.4 Å². The van der Waals surface area contributed by atoms with Crippen molar-refractivity contribution in [3.8, 4) is 11.5 Å². The lowest BCUT2D eigenvalue weighted by atomic mass is 10.2. The maximum Gasteiger partial charge on any atom is 0.280 e. The Kier molecular flexibility index (Phi) is 8.64. The molecule has 0 spiro atoms. The summed E-state index contributed by atoms with van der Waals surface area (Å²) in [7, 11) is 0. The topological polar surface area (TPSA) is 59.9 Å². The summed E-state index contributed by atoms with van der Waals surface area (Å²) >= 11 is 4.91. The molecule has 1 atom stereocenters. The van der Waals surface area contributed by atoms with Crippen molar-refractivity contribution in [2.75, 3.05) is 6.61 Å². The van der Waals surface area contributed by atoms with Gasteiger partial charge < -0.3 is 9.47 Å². The van der Waals surface area contributed by atoms with Crippen molar-refractivity contribution in [1.29, 1.82) is 0 Å². The van der Waals surface area contributed by atoms with Crippen molar-refractivity contribution in [2.45, 2.75) is 39.2 Å². The summed E-state index contributed by atoms with van der Waals surface area (Å²) < 4.78 is 12.3. The highest BCUT2D eigenvalue weighted by Gasteiger charge is 2.13. The van der Waals surface area contributed by atoms with Gasteiger partial charge in [-0.15, -0.1) is 11.3 Å². The highest BCUT2D eigenvalue weighted by molar-refractivity contribution is 9.11. The van der Waals surface area contributed by atoms with E-state index in [-0.39, 0.29) is 5.91 Å². The molecule has 0 fully saturated rings. The van der Waals surface area contributed by atoms with Crippen molar-refractivity contribution in [3.05, 3.63) is 45.1 Å². The third kappa shape index (κ3) is 7.17. The number of ether oxygens (including phenoxy) is 2. The Bertz CT molecular complexity index is 716. The molecule has 26 heavy (non-hydrogen) atoms. The van der Waals surface area contributed by atoms with Crippen LogP contribution in [0.3, 0.4) is 0 Å². The molecular formula is C19H23BrN2O3S. The normalized spacial score (nSPS) is 12.1. The van der Waals surface area contributed by atoms with E-state index < -0.39 is 6.10 Å². The molecule has 0 radical (unpaired) electrons. The minimum absolute atomic E-state index is 0.309. The molecule has 0 saturated carbocycles. The van der Waals surface area contributed by atoms with E-state index in [4.69, 9.17) is 9.47 Å². The number of benzene rings is 1. The number of hydrogen-bond acceptors (Lipinski definition) is 5. The Morgan fingerprint density at radius 2 is 1.96 bits per heavy atom. The zero-order chi connectivity index (χ0) is 18.8. The standard InChI is InChI=1S/C19H23BrN2O3S/c1-3-4-5-12-24-15-6-8-16(9-7-15)25-14(2)19(23)22-21-13-17-10-11-18(20)26-17/h6-11,13-14H,3-5,12H2,1-2H3,(H,22,23)/b21-13+. The first-order valence-electron chi connectivity index (χ1n) is 8.56. The summed E-state index contributed by atoms with van der Waals surface area (Å²) in [6, 6.07) is 11.1. The Morgan fingerprint density at radius 3 is 2.62 bits per heavy atom. The van der Waals surface area contributed by atoms with Gasteiger partial charge in [-0.3, -0.25) is 4.79 Å². The Morgan fingerprint density at radius 1 is 1.23 bits per heavy atom. The van der Waals surface area contributed by atoms with Gasteiger partial charge in [-0.1, -0.05) is 19.8 Å². The number of carbonyl (C=O) groups excluding carboxylic acids is 1. The molecule has 0 saturated heterocycles. The number of carbonyl (C=O) groups is 1. The molecule has 1 heterocycles. The quantitative estimate of drug-likeness (QED) is 0.322. The molecule has 1 unspecified atom stereocenters. The van der Waals surface area contributed by atoms with Gasteiger partial charge in [0.25, 0.3) is 5.91 Å². The van der Waals surface area contributed by atoms with Crippen LogP contribution in [0.15, 0.2) is 45.3 Å². The SMILES string of the molecule is CCCCCOc1ccc(OC(C)C(=O)N/N=C/c2ccc(Br)s2)cc1. The molecule has 0 aliphatic rings. The van der Waals surface area contributed by atoms with Gasteiger partial charge in [0.15, 0.2) is 6.10 Å². The van der Waals surface area contributed by atoms with Crippen LogP contribution in [0.4, 0.5) is 0 Å². The summed E-state index contributed by atoms with van der Waals surface area (Å²) in [6.07, 6.45) is 4.34. The monoisotopic (exact) mass is 438 g/mol. The van der Waals surface area contributed by atoms with Gasteiger partial charge >= 0.3 is 0 Å². The number of hydrazone groups is 1. The van der Waals surface area contributed by atoms with Crippen molar-refractivity contribution in [1.82, 2.24) is 5.43 Å². The summed E-state index contributed by atoms with van der Waals surface area (Å²) in [5.41, 5.74) is 2.48. The highest BCUT2D eigenvalue weighted by Crippen LogP contribution is 2.20. The largest absolute Gasteiger partial charge is 0.494 e. The van der Waals surface area contributed by atoms with E-state index in [1.165, 1.54) is 24.2 Å². The maximum absolute atomic E-state index is 12.0. The van der Waals surface area contributed by atoms with Gasteiger partial charge in [0.05, 0.1) is 16.6 Å². The van der Waals surface area contributed by atoms with E-state index in [1.807, 2.05) is 24.3 Å². The fourth-order valence-corrected chi connectivity index (χ4v) is 3.36. The van der Waals surface area contributed by atoms with Gasteiger partial charge in [-0.25, -0.2) is 5.43 Å². The molecule has 2 rings (SSSR count). The summed E-state index contributed by atoms with van der Waals surface area (Å²) in [5.74, 6) is 1.11. The van der Waals surface area contributed by atoms with Gasteiger partial charge in [-0.2, -0.15) is 5.10 Å². The van der Waals surface area contributed by atoms with Gasteiger partial charge in [0.1, 0.15) is 11.5 Å². The number of amides is 1. The second kappa shape index (κ2) is 11.0. The minimum atomic E-state index is -0.654. The Hall–Kier alpha value is -1.86. The van der Waals surface area contributed by atoms with Gasteiger partial charge in [0, 0.05) is 4.88 Å². The van der Waals surface area contributed by atoms with Crippen molar-refractivity contribution in [2.24, 2.45) is 5.10 Å². The molecular weight excluding hydrogens is 416 g/mol. The summed E-state index contributed by atoms with van der Waals surface area (Å²) in [6.45, 7) is 4.56. The molecule has 1 aromatic carbocycles. The average Bonchev–Trinajstić information content (AvgIpc) is 3.05. The molecule has 2 aromatic rings.